The Morgan fingerprint density at radius 3 is 2.96 bits per heavy atom. The van der Waals surface area contributed by atoms with Crippen molar-refractivity contribution in [3.8, 4) is 0 Å². The number of methoxy groups -OCH3 is 1. The van der Waals surface area contributed by atoms with Gasteiger partial charge in [-0.2, -0.15) is 5.10 Å². The van der Waals surface area contributed by atoms with Crippen molar-refractivity contribution in [1.82, 2.24) is 20.4 Å². The maximum Gasteiger partial charge on any atom is 0.331 e. The summed E-state index contributed by atoms with van der Waals surface area (Å²) in [6.07, 6.45) is 5.24. The van der Waals surface area contributed by atoms with Crippen molar-refractivity contribution in [2.45, 2.75) is 51.1 Å². The smallest absolute Gasteiger partial charge is 0.331 e. The van der Waals surface area contributed by atoms with Gasteiger partial charge in [0.05, 0.1) is 13.2 Å². The molecule has 7 heteroatoms. The molecule has 0 radical (unpaired) electrons. The van der Waals surface area contributed by atoms with E-state index in [0.29, 0.717) is 12.1 Å². The number of nitrogens with one attached hydrogen (secondary N) is 2. The number of esters is 1. The molecule has 0 saturated carbocycles. The summed E-state index contributed by atoms with van der Waals surface area (Å²) >= 11 is 0. The molecule has 1 aromatic rings. The first-order valence-corrected chi connectivity index (χ1v) is 8.17. The van der Waals surface area contributed by atoms with Gasteiger partial charge in [0.15, 0.2) is 0 Å². The van der Waals surface area contributed by atoms with Crippen molar-refractivity contribution >= 4 is 11.9 Å². The molecular weight excluding hydrogens is 296 g/mol. The molecule has 0 spiro atoms. The highest BCUT2D eigenvalue weighted by atomic mass is 16.5. The molecule has 128 valence electrons. The van der Waals surface area contributed by atoms with E-state index in [1.54, 1.807) is 13.0 Å². The molecule has 2 heterocycles. The van der Waals surface area contributed by atoms with Crippen LogP contribution in [0.2, 0.25) is 0 Å². The molecule has 1 aliphatic heterocycles. The largest absolute Gasteiger partial charge is 0.467 e. The number of hydrogen-bond acceptors (Lipinski definition) is 5. The Morgan fingerprint density at radius 1 is 1.57 bits per heavy atom. The predicted molar refractivity (Wildman–Crippen MR) is 86.2 cm³/mol. The Bertz CT molecular complexity index is 551. The van der Waals surface area contributed by atoms with Crippen molar-refractivity contribution < 1.29 is 14.3 Å². The van der Waals surface area contributed by atoms with Gasteiger partial charge < -0.3 is 15.4 Å². The highest BCUT2D eigenvalue weighted by Gasteiger charge is 2.35. The molecule has 0 bridgehead atoms. The normalized spacial score (nSPS) is 20.6. The third-order valence-electron chi connectivity index (χ3n) is 4.26. The van der Waals surface area contributed by atoms with E-state index < -0.39 is 11.5 Å². The maximum atomic E-state index is 12.4. The van der Waals surface area contributed by atoms with Crippen LogP contribution in [0.4, 0.5) is 0 Å². The highest BCUT2D eigenvalue weighted by molar-refractivity contribution is 5.96. The average molecular weight is 322 g/mol. The van der Waals surface area contributed by atoms with E-state index in [-0.39, 0.29) is 11.9 Å². The second-order valence-electron chi connectivity index (χ2n) is 6.21. The molecule has 7 nitrogen and oxygen atoms in total. The number of carbonyl (C=O) groups is 2. The summed E-state index contributed by atoms with van der Waals surface area (Å²) in [6.45, 7) is 5.53. The Balaban J connectivity index is 2.07. The molecule has 1 aliphatic rings. The fourth-order valence-electron chi connectivity index (χ4n) is 2.98. The summed E-state index contributed by atoms with van der Waals surface area (Å²) < 4.78 is 6.65. The van der Waals surface area contributed by atoms with Gasteiger partial charge in [-0.15, -0.1) is 0 Å². The fourth-order valence-corrected chi connectivity index (χ4v) is 2.98. The number of rotatable bonds is 6. The summed E-state index contributed by atoms with van der Waals surface area (Å²) in [4.78, 5) is 24.4. The Morgan fingerprint density at radius 2 is 2.35 bits per heavy atom. The van der Waals surface area contributed by atoms with Crippen LogP contribution in [-0.2, 0) is 9.53 Å². The first kappa shape index (κ1) is 17.5. The first-order chi connectivity index (χ1) is 11.0. The Hall–Kier alpha value is -1.89. The lowest BCUT2D eigenvalue weighted by molar-refractivity contribution is -0.147. The SMILES string of the molecule is CCCC(C)(NC(=O)c1ccn(C2CCCNC2)n1)C(=O)OC. The zero-order valence-corrected chi connectivity index (χ0v) is 14.1. The molecule has 1 fully saturated rings. The molecular formula is C16H26N4O3. The minimum absolute atomic E-state index is 0.271. The van der Waals surface area contributed by atoms with E-state index in [4.69, 9.17) is 4.74 Å². The number of hydrogen-bond donors (Lipinski definition) is 2. The third-order valence-corrected chi connectivity index (χ3v) is 4.26. The van der Waals surface area contributed by atoms with Crippen LogP contribution < -0.4 is 10.6 Å². The van der Waals surface area contributed by atoms with Gasteiger partial charge in [-0.3, -0.25) is 9.48 Å². The lowest BCUT2D eigenvalue weighted by Crippen LogP contribution is -2.52. The predicted octanol–water partition coefficient (Wildman–Crippen LogP) is 1.27. The number of aromatic nitrogens is 2. The van der Waals surface area contributed by atoms with Crippen molar-refractivity contribution in [2.24, 2.45) is 0 Å². The lowest BCUT2D eigenvalue weighted by Gasteiger charge is -2.27. The van der Waals surface area contributed by atoms with Gasteiger partial charge in [-0.25, -0.2) is 4.79 Å². The van der Waals surface area contributed by atoms with Crippen molar-refractivity contribution in [3.63, 3.8) is 0 Å². The minimum atomic E-state index is -1.03. The van der Waals surface area contributed by atoms with Gasteiger partial charge >= 0.3 is 5.97 Å². The topological polar surface area (TPSA) is 85.3 Å². The molecule has 1 aromatic heterocycles. The van der Waals surface area contributed by atoms with Crippen LogP contribution in [0.25, 0.3) is 0 Å². The highest BCUT2D eigenvalue weighted by Crippen LogP contribution is 2.17. The average Bonchev–Trinajstić information content (AvgIpc) is 3.05. The van der Waals surface area contributed by atoms with Crippen molar-refractivity contribution in [2.75, 3.05) is 20.2 Å². The van der Waals surface area contributed by atoms with Crippen LogP contribution in [-0.4, -0.2) is 47.4 Å². The zero-order valence-electron chi connectivity index (χ0n) is 14.1. The molecule has 23 heavy (non-hydrogen) atoms. The molecule has 2 N–H and O–H groups in total. The van der Waals surface area contributed by atoms with E-state index in [0.717, 1.165) is 32.4 Å². The molecule has 0 aromatic carbocycles. The monoisotopic (exact) mass is 322 g/mol. The quantitative estimate of drug-likeness (QED) is 0.770. The van der Waals surface area contributed by atoms with Gasteiger partial charge in [0.1, 0.15) is 11.2 Å². The second kappa shape index (κ2) is 7.59. The standard InChI is InChI=1S/C16H26N4O3/c1-4-8-16(2,15(22)23-3)18-14(21)13-7-10-20(19-13)12-6-5-9-17-11-12/h7,10,12,17H,4-6,8-9,11H2,1-3H3,(H,18,21). The van der Waals surface area contributed by atoms with E-state index in [2.05, 4.69) is 15.7 Å². The Labute approximate surface area is 136 Å². The number of carbonyl (C=O) groups excluding carboxylic acids is 2. The number of ether oxygens (including phenoxy) is 1. The third kappa shape index (κ3) is 4.10. The van der Waals surface area contributed by atoms with E-state index in [1.165, 1.54) is 7.11 Å². The molecule has 2 atom stereocenters. The van der Waals surface area contributed by atoms with Crippen LogP contribution in [0.3, 0.4) is 0 Å². The van der Waals surface area contributed by atoms with Crippen LogP contribution in [0.15, 0.2) is 12.3 Å². The molecule has 1 saturated heterocycles. The lowest BCUT2D eigenvalue weighted by atomic mass is 9.96. The summed E-state index contributed by atoms with van der Waals surface area (Å²) in [5, 5.41) is 10.5. The van der Waals surface area contributed by atoms with Crippen LogP contribution in [0.5, 0.6) is 0 Å². The molecule has 0 aliphatic carbocycles. The second-order valence-corrected chi connectivity index (χ2v) is 6.21. The van der Waals surface area contributed by atoms with Gasteiger partial charge in [-0.1, -0.05) is 13.3 Å². The minimum Gasteiger partial charge on any atom is -0.467 e. The number of piperidine rings is 1. The molecule has 2 unspecified atom stereocenters. The van der Waals surface area contributed by atoms with Gasteiger partial charge in [-0.05, 0) is 38.8 Å². The van der Waals surface area contributed by atoms with Crippen molar-refractivity contribution in [1.29, 1.82) is 0 Å². The molecule has 2 rings (SSSR count). The summed E-state index contributed by atoms with van der Waals surface area (Å²) in [6, 6.07) is 1.96. The van der Waals surface area contributed by atoms with Gasteiger partial charge in [0.25, 0.3) is 5.91 Å². The van der Waals surface area contributed by atoms with E-state index >= 15 is 0 Å². The Kier molecular flexibility index (Phi) is 5.76. The maximum absolute atomic E-state index is 12.4. The summed E-state index contributed by atoms with van der Waals surface area (Å²) in [7, 11) is 1.33. The van der Waals surface area contributed by atoms with E-state index in [1.807, 2.05) is 17.8 Å². The van der Waals surface area contributed by atoms with E-state index in [9.17, 15) is 9.59 Å². The first-order valence-electron chi connectivity index (χ1n) is 8.17. The molecule has 1 amide bonds. The van der Waals surface area contributed by atoms with Crippen LogP contribution in [0, 0.1) is 0 Å². The van der Waals surface area contributed by atoms with Gasteiger partial charge in [0.2, 0.25) is 0 Å². The van der Waals surface area contributed by atoms with Gasteiger partial charge in [0, 0.05) is 12.7 Å². The van der Waals surface area contributed by atoms with Crippen LogP contribution >= 0.6 is 0 Å². The number of nitrogens with zero attached hydrogens (tertiary/aromatic N) is 2. The van der Waals surface area contributed by atoms with Crippen LogP contribution in [0.1, 0.15) is 56.1 Å². The fraction of sp³-hybridized carbons (Fsp3) is 0.688. The zero-order chi connectivity index (χ0) is 16.9. The summed E-state index contributed by atoms with van der Waals surface area (Å²) in [5.41, 5.74) is -0.710. The van der Waals surface area contributed by atoms with Crippen molar-refractivity contribution in [3.05, 3.63) is 18.0 Å². The number of amides is 1. The summed E-state index contributed by atoms with van der Waals surface area (Å²) in [5.74, 6) is -0.794.